The van der Waals surface area contributed by atoms with Crippen molar-refractivity contribution in [2.45, 2.75) is 13.0 Å². The lowest BCUT2D eigenvalue weighted by molar-refractivity contribution is 0.0226. The number of hydrogen-bond acceptors (Lipinski definition) is 4. The molecule has 0 amide bonds. The van der Waals surface area contributed by atoms with Gasteiger partial charge in [0.1, 0.15) is 17.6 Å². The number of hydrogen-bond donors (Lipinski definition) is 2. The normalized spacial score (nSPS) is 22.2. The molecule has 14 heavy (non-hydrogen) atoms. The Bertz CT molecular complexity index is 329. The third-order valence-corrected chi connectivity index (χ3v) is 2.21. The molecular formula is C9H13N3O2. The van der Waals surface area contributed by atoms with Crippen LogP contribution in [-0.2, 0) is 4.74 Å². The van der Waals surface area contributed by atoms with Gasteiger partial charge in [-0.15, -0.1) is 0 Å². The highest BCUT2D eigenvalue weighted by atomic mass is 16.5. The van der Waals surface area contributed by atoms with Crippen molar-refractivity contribution >= 4 is 5.78 Å². The van der Waals surface area contributed by atoms with Crippen molar-refractivity contribution in [3.8, 4) is 0 Å². The van der Waals surface area contributed by atoms with Crippen molar-refractivity contribution in [2.24, 2.45) is 0 Å². The van der Waals surface area contributed by atoms with Crippen LogP contribution in [0, 0.1) is 0 Å². The first kappa shape index (κ1) is 9.36. The molecule has 1 aromatic rings. The first-order valence-electron chi connectivity index (χ1n) is 4.65. The minimum atomic E-state index is -0.0585. The zero-order valence-corrected chi connectivity index (χ0v) is 8.04. The number of rotatable bonds is 2. The highest BCUT2D eigenvalue weighted by Crippen LogP contribution is 2.15. The Balaban J connectivity index is 2.11. The maximum atomic E-state index is 11.0. The molecule has 5 nitrogen and oxygen atoms in total. The van der Waals surface area contributed by atoms with Crippen molar-refractivity contribution in [3.63, 3.8) is 0 Å². The number of aromatic nitrogens is 2. The number of carbonyl (C=O) groups is 1. The summed E-state index contributed by atoms with van der Waals surface area (Å²) in [6.07, 6.45) is 1.49. The lowest BCUT2D eigenvalue weighted by Crippen LogP contribution is -2.33. The van der Waals surface area contributed by atoms with E-state index in [1.165, 1.54) is 6.92 Å². The van der Waals surface area contributed by atoms with Crippen molar-refractivity contribution < 1.29 is 9.53 Å². The van der Waals surface area contributed by atoms with E-state index in [0.29, 0.717) is 12.3 Å². The van der Waals surface area contributed by atoms with Crippen molar-refractivity contribution in [2.75, 3.05) is 19.7 Å². The molecule has 1 aliphatic heterocycles. The van der Waals surface area contributed by atoms with E-state index in [0.717, 1.165) is 18.9 Å². The SMILES string of the molecule is CC(=O)c1cnc(C2CNCCO2)[nH]1. The minimum absolute atomic E-state index is 0.00693. The summed E-state index contributed by atoms with van der Waals surface area (Å²) in [5.41, 5.74) is 0.536. The number of nitrogens with one attached hydrogen (secondary N) is 2. The van der Waals surface area contributed by atoms with E-state index in [4.69, 9.17) is 4.74 Å². The van der Waals surface area contributed by atoms with E-state index in [1.54, 1.807) is 6.20 Å². The molecule has 0 saturated carbocycles. The summed E-state index contributed by atoms with van der Waals surface area (Å²) in [5.74, 6) is 0.718. The number of Topliss-reactive ketones (excluding diaryl/α,β-unsaturated/α-hetero) is 1. The average Bonchev–Trinajstić information content (AvgIpc) is 2.68. The van der Waals surface area contributed by atoms with Gasteiger partial charge in [-0.2, -0.15) is 0 Å². The highest BCUT2D eigenvalue weighted by molar-refractivity contribution is 5.91. The Morgan fingerprint density at radius 3 is 3.14 bits per heavy atom. The number of nitrogens with zero attached hydrogens (tertiary/aromatic N) is 1. The van der Waals surface area contributed by atoms with Gasteiger partial charge in [0.25, 0.3) is 0 Å². The molecule has 1 unspecified atom stereocenters. The van der Waals surface area contributed by atoms with Crippen LogP contribution in [0.1, 0.15) is 29.3 Å². The zero-order valence-electron chi connectivity index (χ0n) is 8.04. The van der Waals surface area contributed by atoms with E-state index >= 15 is 0 Å². The van der Waals surface area contributed by atoms with Gasteiger partial charge in [-0.05, 0) is 0 Å². The van der Waals surface area contributed by atoms with Crippen LogP contribution in [0.15, 0.2) is 6.20 Å². The smallest absolute Gasteiger partial charge is 0.177 e. The van der Waals surface area contributed by atoms with Crippen LogP contribution < -0.4 is 5.32 Å². The van der Waals surface area contributed by atoms with Crippen molar-refractivity contribution in [3.05, 3.63) is 17.7 Å². The van der Waals surface area contributed by atoms with Crippen LogP contribution in [-0.4, -0.2) is 35.4 Å². The van der Waals surface area contributed by atoms with E-state index in [9.17, 15) is 4.79 Å². The van der Waals surface area contributed by atoms with Crippen LogP contribution >= 0.6 is 0 Å². The maximum Gasteiger partial charge on any atom is 0.177 e. The Morgan fingerprint density at radius 1 is 1.71 bits per heavy atom. The number of ether oxygens (including phenoxy) is 1. The summed E-state index contributed by atoms with van der Waals surface area (Å²) in [6.45, 7) is 3.81. The summed E-state index contributed by atoms with van der Waals surface area (Å²) < 4.78 is 5.49. The largest absolute Gasteiger partial charge is 0.368 e. The predicted octanol–water partition coefficient (Wildman–Crippen LogP) is 0.273. The minimum Gasteiger partial charge on any atom is -0.368 e. The van der Waals surface area contributed by atoms with Gasteiger partial charge in [0.05, 0.1) is 12.8 Å². The second-order valence-corrected chi connectivity index (χ2v) is 3.30. The van der Waals surface area contributed by atoms with Crippen molar-refractivity contribution in [1.29, 1.82) is 0 Å². The zero-order chi connectivity index (χ0) is 9.97. The summed E-state index contributed by atoms with van der Waals surface area (Å²) in [7, 11) is 0. The topological polar surface area (TPSA) is 67.0 Å². The van der Waals surface area contributed by atoms with Gasteiger partial charge in [0.2, 0.25) is 0 Å². The number of carbonyl (C=O) groups excluding carboxylic acids is 1. The molecule has 5 heteroatoms. The standard InChI is InChI=1S/C9H13N3O2/c1-6(13)7-4-11-9(12-7)8-5-10-2-3-14-8/h4,8,10H,2-3,5H2,1H3,(H,11,12). The molecule has 0 spiro atoms. The van der Waals surface area contributed by atoms with Gasteiger partial charge >= 0.3 is 0 Å². The quantitative estimate of drug-likeness (QED) is 0.665. The summed E-state index contributed by atoms with van der Waals surface area (Å²) in [6, 6.07) is 0. The predicted molar refractivity (Wildman–Crippen MR) is 50.2 cm³/mol. The van der Waals surface area contributed by atoms with Crippen LogP contribution in [0.5, 0.6) is 0 Å². The molecule has 0 bridgehead atoms. The van der Waals surface area contributed by atoms with E-state index < -0.39 is 0 Å². The Morgan fingerprint density at radius 2 is 2.57 bits per heavy atom. The van der Waals surface area contributed by atoms with Crippen LogP contribution in [0.2, 0.25) is 0 Å². The highest BCUT2D eigenvalue weighted by Gasteiger charge is 2.19. The van der Waals surface area contributed by atoms with Gasteiger partial charge in [0, 0.05) is 20.0 Å². The maximum absolute atomic E-state index is 11.0. The fourth-order valence-electron chi connectivity index (χ4n) is 1.42. The van der Waals surface area contributed by atoms with Crippen LogP contribution in [0.25, 0.3) is 0 Å². The fourth-order valence-corrected chi connectivity index (χ4v) is 1.42. The van der Waals surface area contributed by atoms with Crippen LogP contribution in [0.3, 0.4) is 0 Å². The van der Waals surface area contributed by atoms with E-state index in [1.807, 2.05) is 0 Å². The fraction of sp³-hybridized carbons (Fsp3) is 0.556. The lowest BCUT2D eigenvalue weighted by atomic mass is 10.3. The molecule has 2 N–H and O–H groups in total. The Labute approximate surface area is 81.9 Å². The molecule has 0 radical (unpaired) electrons. The number of imidazole rings is 1. The molecule has 76 valence electrons. The number of aromatic amines is 1. The van der Waals surface area contributed by atoms with E-state index in [2.05, 4.69) is 15.3 Å². The molecule has 0 aliphatic carbocycles. The van der Waals surface area contributed by atoms with Gasteiger partial charge in [-0.3, -0.25) is 4.79 Å². The molecule has 0 aromatic carbocycles. The molecule has 1 aliphatic rings. The second kappa shape index (κ2) is 3.89. The van der Waals surface area contributed by atoms with Crippen molar-refractivity contribution in [1.82, 2.24) is 15.3 Å². The summed E-state index contributed by atoms with van der Waals surface area (Å²) in [4.78, 5) is 18.1. The second-order valence-electron chi connectivity index (χ2n) is 3.30. The van der Waals surface area contributed by atoms with Gasteiger partial charge in [-0.25, -0.2) is 4.98 Å². The first-order chi connectivity index (χ1) is 6.77. The molecule has 1 atom stereocenters. The first-order valence-corrected chi connectivity index (χ1v) is 4.65. The summed E-state index contributed by atoms with van der Waals surface area (Å²) in [5, 5.41) is 3.20. The van der Waals surface area contributed by atoms with Gasteiger partial charge < -0.3 is 15.0 Å². The van der Waals surface area contributed by atoms with Gasteiger partial charge in [0.15, 0.2) is 5.78 Å². The lowest BCUT2D eigenvalue weighted by Gasteiger charge is -2.21. The monoisotopic (exact) mass is 195 g/mol. The summed E-state index contributed by atoms with van der Waals surface area (Å²) >= 11 is 0. The van der Waals surface area contributed by atoms with Crippen LogP contribution in [0.4, 0.5) is 0 Å². The molecule has 1 aromatic heterocycles. The van der Waals surface area contributed by atoms with E-state index in [-0.39, 0.29) is 11.9 Å². The molecule has 2 heterocycles. The Kier molecular flexibility index (Phi) is 2.60. The molecule has 2 rings (SSSR count). The average molecular weight is 195 g/mol. The number of H-pyrrole nitrogens is 1. The third-order valence-electron chi connectivity index (χ3n) is 2.21. The van der Waals surface area contributed by atoms with Gasteiger partial charge in [-0.1, -0.05) is 0 Å². The Hall–Kier alpha value is -1.20. The third kappa shape index (κ3) is 1.83. The number of ketones is 1. The number of morpholine rings is 1. The molecule has 1 fully saturated rings. The molecular weight excluding hydrogens is 182 g/mol. The molecule has 1 saturated heterocycles.